The number of furan rings is 1. The topological polar surface area (TPSA) is 98.4 Å². The quantitative estimate of drug-likeness (QED) is 0.198. The van der Waals surface area contributed by atoms with Crippen LogP contribution in [-0.2, 0) is 18.6 Å². The Morgan fingerprint density at radius 3 is 2.17 bits per heavy atom. The second kappa shape index (κ2) is 12.0. The van der Waals surface area contributed by atoms with Crippen LogP contribution in [0.3, 0.4) is 0 Å². The van der Waals surface area contributed by atoms with Crippen molar-refractivity contribution < 1.29 is 18.7 Å². The number of hydrogen-bond donors (Lipinski definition) is 2. The lowest BCUT2D eigenvalue weighted by atomic mass is 9.78. The van der Waals surface area contributed by atoms with Gasteiger partial charge < -0.3 is 19.8 Å². The molecule has 0 aliphatic carbocycles. The Balaban J connectivity index is 1.21. The number of carbonyl (C=O) groups excluding carboxylic acids is 2. The van der Waals surface area contributed by atoms with E-state index in [4.69, 9.17) is 9.15 Å². The summed E-state index contributed by atoms with van der Waals surface area (Å²) >= 11 is 0. The molecular formula is C33H32N4O4. The predicted molar refractivity (Wildman–Crippen MR) is 158 cm³/mol. The van der Waals surface area contributed by atoms with Crippen molar-refractivity contribution >= 4 is 23.2 Å². The van der Waals surface area contributed by atoms with Gasteiger partial charge in [0.15, 0.2) is 11.5 Å². The van der Waals surface area contributed by atoms with Crippen molar-refractivity contribution in [3.8, 4) is 5.75 Å². The molecule has 0 spiro atoms. The molecule has 8 nitrogen and oxygen atoms in total. The van der Waals surface area contributed by atoms with Gasteiger partial charge >= 0.3 is 0 Å². The Morgan fingerprint density at radius 2 is 1.49 bits per heavy atom. The maximum Gasteiger partial charge on any atom is 0.291 e. The molecule has 41 heavy (non-hydrogen) atoms. The molecule has 0 unspecified atom stereocenters. The Morgan fingerprint density at radius 1 is 0.829 bits per heavy atom. The molecule has 208 valence electrons. The molecule has 0 radical (unpaired) electrons. The highest BCUT2D eigenvalue weighted by atomic mass is 16.5. The van der Waals surface area contributed by atoms with Gasteiger partial charge in [-0.15, -0.1) is 0 Å². The molecule has 0 atom stereocenters. The first-order valence-electron chi connectivity index (χ1n) is 13.5. The Hall–Kier alpha value is -5.11. The summed E-state index contributed by atoms with van der Waals surface area (Å²) in [5.41, 5.74) is 3.30. The van der Waals surface area contributed by atoms with Crippen molar-refractivity contribution in [2.24, 2.45) is 0 Å². The SMILES string of the molecule is CCn1cc(NC(=O)c2ccc(COc3ccc(C(C)(C)c4ccccc4)cc3)o2)c(C(=O)Nc2ccccc2)n1. The van der Waals surface area contributed by atoms with Gasteiger partial charge in [-0.3, -0.25) is 14.3 Å². The molecular weight excluding hydrogens is 516 g/mol. The fraction of sp³-hybridized carbons (Fsp3) is 0.182. The van der Waals surface area contributed by atoms with Gasteiger partial charge in [0, 0.05) is 23.8 Å². The van der Waals surface area contributed by atoms with E-state index in [1.165, 1.54) is 11.1 Å². The Labute approximate surface area is 239 Å². The lowest BCUT2D eigenvalue weighted by Gasteiger charge is -2.26. The molecule has 2 heterocycles. The van der Waals surface area contributed by atoms with Crippen LogP contribution in [0.5, 0.6) is 5.75 Å². The van der Waals surface area contributed by atoms with Crippen molar-refractivity contribution in [2.45, 2.75) is 39.3 Å². The van der Waals surface area contributed by atoms with E-state index in [-0.39, 0.29) is 29.2 Å². The van der Waals surface area contributed by atoms with E-state index < -0.39 is 11.8 Å². The molecule has 8 heteroatoms. The smallest absolute Gasteiger partial charge is 0.291 e. The van der Waals surface area contributed by atoms with Gasteiger partial charge in [-0.25, -0.2) is 0 Å². The molecule has 2 aromatic heterocycles. The normalized spacial score (nSPS) is 11.2. The number of aryl methyl sites for hydroxylation is 1. The minimum Gasteiger partial charge on any atom is -0.486 e. The maximum atomic E-state index is 13.0. The van der Waals surface area contributed by atoms with Crippen LogP contribution in [0.4, 0.5) is 11.4 Å². The number of carbonyl (C=O) groups is 2. The summed E-state index contributed by atoms with van der Waals surface area (Å²) in [4.78, 5) is 25.8. The Kier molecular flexibility index (Phi) is 8.01. The van der Waals surface area contributed by atoms with Crippen LogP contribution < -0.4 is 15.4 Å². The van der Waals surface area contributed by atoms with Crippen LogP contribution >= 0.6 is 0 Å². The first-order valence-corrected chi connectivity index (χ1v) is 13.5. The summed E-state index contributed by atoms with van der Waals surface area (Å²) in [6, 6.07) is 30.7. The number of rotatable bonds is 10. The third-order valence-corrected chi connectivity index (χ3v) is 6.92. The number of benzene rings is 3. The molecule has 2 amide bonds. The van der Waals surface area contributed by atoms with Crippen LogP contribution in [0.15, 0.2) is 108 Å². The molecule has 5 rings (SSSR count). The van der Waals surface area contributed by atoms with E-state index in [0.29, 0.717) is 23.7 Å². The minimum absolute atomic E-state index is 0.0993. The molecule has 0 saturated carbocycles. The second-order valence-corrected chi connectivity index (χ2v) is 10.1. The van der Waals surface area contributed by atoms with E-state index in [9.17, 15) is 9.59 Å². The fourth-order valence-corrected chi connectivity index (χ4v) is 4.46. The minimum atomic E-state index is -0.492. The number of hydrogen-bond acceptors (Lipinski definition) is 5. The fourth-order valence-electron chi connectivity index (χ4n) is 4.46. The van der Waals surface area contributed by atoms with Gasteiger partial charge in [0.2, 0.25) is 0 Å². The number of nitrogens with zero attached hydrogens (tertiary/aromatic N) is 2. The van der Waals surface area contributed by atoms with Crippen molar-refractivity contribution in [1.82, 2.24) is 9.78 Å². The van der Waals surface area contributed by atoms with E-state index in [1.807, 2.05) is 55.5 Å². The van der Waals surface area contributed by atoms with Crippen LogP contribution in [-0.4, -0.2) is 21.6 Å². The number of aromatic nitrogens is 2. The molecule has 5 aromatic rings. The van der Waals surface area contributed by atoms with Gasteiger partial charge in [0.05, 0.1) is 5.69 Å². The third kappa shape index (κ3) is 6.38. The van der Waals surface area contributed by atoms with Gasteiger partial charge in [-0.2, -0.15) is 5.10 Å². The van der Waals surface area contributed by atoms with Crippen LogP contribution in [0.1, 0.15) is 58.7 Å². The van der Waals surface area contributed by atoms with Gasteiger partial charge in [0.1, 0.15) is 18.1 Å². The maximum absolute atomic E-state index is 13.0. The van der Waals surface area contributed by atoms with Gasteiger partial charge in [0.25, 0.3) is 11.8 Å². The molecule has 0 saturated heterocycles. The van der Waals surface area contributed by atoms with Crippen LogP contribution in [0.25, 0.3) is 0 Å². The molecule has 0 aliphatic heterocycles. The average molecular weight is 549 g/mol. The summed E-state index contributed by atoms with van der Waals surface area (Å²) in [6.45, 7) is 6.98. The summed E-state index contributed by atoms with van der Waals surface area (Å²) in [5.74, 6) is 0.372. The zero-order valence-electron chi connectivity index (χ0n) is 23.3. The predicted octanol–water partition coefficient (Wildman–Crippen LogP) is 6.91. The first-order chi connectivity index (χ1) is 19.8. The number of anilines is 2. The standard InChI is InChI=1S/C33H32N4O4/c1-4-37-21-28(30(36-37)32(39)34-25-13-9-6-10-14-25)35-31(38)29-20-19-27(41-29)22-40-26-17-15-24(16-18-26)33(2,3)23-11-7-5-8-12-23/h5-21H,4,22H2,1-3H3,(H,34,39)(H,35,38). The van der Waals surface area contributed by atoms with Crippen molar-refractivity contribution in [2.75, 3.05) is 10.6 Å². The van der Waals surface area contributed by atoms with E-state index in [2.05, 4.69) is 53.8 Å². The third-order valence-electron chi connectivity index (χ3n) is 6.92. The highest BCUT2D eigenvalue weighted by Crippen LogP contribution is 2.32. The Bertz CT molecular complexity index is 1620. The van der Waals surface area contributed by atoms with Crippen molar-refractivity contribution in [3.63, 3.8) is 0 Å². The molecule has 0 fully saturated rings. The number of nitrogens with one attached hydrogen (secondary N) is 2. The molecule has 2 N–H and O–H groups in total. The van der Waals surface area contributed by atoms with E-state index >= 15 is 0 Å². The summed E-state index contributed by atoms with van der Waals surface area (Å²) in [6.07, 6.45) is 1.62. The zero-order valence-corrected chi connectivity index (χ0v) is 23.3. The van der Waals surface area contributed by atoms with Gasteiger partial charge in [-0.05, 0) is 54.4 Å². The number of ether oxygens (including phenoxy) is 1. The monoisotopic (exact) mass is 548 g/mol. The summed E-state index contributed by atoms with van der Waals surface area (Å²) < 4.78 is 13.2. The summed E-state index contributed by atoms with van der Waals surface area (Å²) in [5, 5.41) is 9.87. The van der Waals surface area contributed by atoms with Crippen LogP contribution in [0.2, 0.25) is 0 Å². The lowest BCUT2D eigenvalue weighted by molar-refractivity contribution is 0.0992. The largest absolute Gasteiger partial charge is 0.486 e. The number of amides is 2. The molecule has 0 aliphatic rings. The highest BCUT2D eigenvalue weighted by Gasteiger charge is 2.23. The first kappa shape index (κ1) is 27.5. The average Bonchev–Trinajstić information content (AvgIpc) is 3.65. The van der Waals surface area contributed by atoms with E-state index in [0.717, 1.165) is 0 Å². The lowest BCUT2D eigenvalue weighted by Crippen LogP contribution is -2.18. The zero-order chi connectivity index (χ0) is 28.8. The van der Waals surface area contributed by atoms with Crippen molar-refractivity contribution in [1.29, 1.82) is 0 Å². The van der Waals surface area contributed by atoms with Crippen molar-refractivity contribution in [3.05, 3.63) is 132 Å². The van der Waals surface area contributed by atoms with E-state index in [1.54, 1.807) is 35.1 Å². The van der Waals surface area contributed by atoms with Crippen LogP contribution in [0, 0.1) is 0 Å². The second-order valence-electron chi connectivity index (χ2n) is 10.1. The summed E-state index contributed by atoms with van der Waals surface area (Å²) in [7, 11) is 0. The van der Waals surface area contributed by atoms with Gasteiger partial charge in [-0.1, -0.05) is 74.5 Å². The molecule has 3 aromatic carbocycles. The highest BCUT2D eigenvalue weighted by molar-refractivity contribution is 6.10. The number of para-hydroxylation sites is 1. The molecule has 0 bridgehead atoms.